The lowest BCUT2D eigenvalue weighted by molar-refractivity contribution is -0.385. The number of hydrogen-bond acceptors (Lipinski definition) is 5. The van der Waals surface area contributed by atoms with Gasteiger partial charge in [-0.15, -0.1) is 0 Å². The zero-order valence-electron chi connectivity index (χ0n) is 16.1. The van der Waals surface area contributed by atoms with Gasteiger partial charge < -0.3 is 0 Å². The number of rotatable bonds is 5. The molecule has 0 fully saturated rings. The Bertz CT molecular complexity index is 1240. The Kier molecular flexibility index (Phi) is 5.81. The molecular weight excluding hydrogens is 460 g/mol. The van der Waals surface area contributed by atoms with Crippen molar-refractivity contribution in [3.05, 3.63) is 116 Å². The predicted molar refractivity (Wildman–Crippen MR) is 123 cm³/mol. The number of para-hydroxylation sites is 1. The number of carbonyl (C=O) groups is 1. The van der Waals surface area contributed by atoms with Crippen LogP contribution in [0.5, 0.6) is 0 Å². The molecule has 0 aromatic heterocycles. The zero-order valence-corrected chi connectivity index (χ0v) is 17.6. The van der Waals surface area contributed by atoms with Crippen LogP contribution < -0.4 is 0 Å². The van der Waals surface area contributed by atoms with Gasteiger partial charge in [-0.25, -0.2) is 4.99 Å². The highest BCUT2D eigenvalue weighted by Crippen LogP contribution is 2.24. The van der Waals surface area contributed by atoms with Gasteiger partial charge in [0.25, 0.3) is 11.6 Å². The number of nitro groups is 1. The first kappa shape index (κ1) is 20.4. The first-order valence-electron chi connectivity index (χ1n) is 9.26. The van der Waals surface area contributed by atoms with Crippen molar-refractivity contribution < 1.29 is 9.72 Å². The van der Waals surface area contributed by atoms with Gasteiger partial charge in [-0.1, -0.05) is 70.5 Å². The molecule has 4 rings (SSSR count). The highest BCUT2D eigenvalue weighted by molar-refractivity contribution is 9.10. The maximum Gasteiger partial charge on any atom is 0.298 e. The predicted octanol–water partition coefficient (Wildman–Crippen LogP) is 5.02. The molecule has 8 heteroatoms. The van der Waals surface area contributed by atoms with Crippen LogP contribution in [0, 0.1) is 10.1 Å². The average molecular weight is 475 g/mol. The van der Waals surface area contributed by atoms with Gasteiger partial charge in [-0.05, 0) is 29.8 Å². The maximum atomic E-state index is 13.1. The van der Waals surface area contributed by atoms with Crippen molar-refractivity contribution in [2.24, 2.45) is 10.1 Å². The lowest BCUT2D eigenvalue weighted by Crippen LogP contribution is -2.27. The number of amidine groups is 1. The van der Waals surface area contributed by atoms with E-state index in [1.807, 2.05) is 54.6 Å². The molecule has 0 aliphatic carbocycles. The van der Waals surface area contributed by atoms with Crippen LogP contribution in [0.15, 0.2) is 99.1 Å². The summed E-state index contributed by atoms with van der Waals surface area (Å²) in [5.74, 6) is -0.0691. The van der Waals surface area contributed by atoms with Crippen LogP contribution in [0.3, 0.4) is 0 Å². The van der Waals surface area contributed by atoms with E-state index in [2.05, 4.69) is 26.0 Å². The molecule has 1 aliphatic heterocycles. The number of hydrazone groups is 1. The minimum atomic E-state index is -0.488. The molecule has 1 heterocycles. The maximum absolute atomic E-state index is 13.1. The van der Waals surface area contributed by atoms with Gasteiger partial charge in [-0.3, -0.25) is 14.9 Å². The summed E-state index contributed by atoms with van der Waals surface area (Å²) >= 11 is 3.39. The van der Waals surface area contributed by atoms with Gasteiger partial charge in [0.2, 0.25) is 0 Å². The van der Waals surface area contributed by atoms with Crippen molar-refractivity contribution >= 4 is 45.7 Å². The summed E-state index contributed by atoms with van der Waals surface area (Å²) in [5, 5.41) is 16.7. The smallest absolute Gasteiger partial charge is 0.265 e. The molecule has 152 valence electrons. The SMILES string of the molecule is O=C1/C(=C/c2ccc(Br)cc2)N=C(c2ccccc2)N1/N=C/c1ccccc1[N+](=O)[O-]. The third kappa shape index (κ3) is 4.49. The van der Waals surface area contributed by atoms with E-state index in [1.54, 1.807) is 24.3 Å². The average Bonchev–Trinajstić information content (AvgIpc) is 3.09. The van der Waals surface area contributed by atoms with Crippen LogP contribution in [0.1, 0.15) is 16.7 Å². The molecular formula is C23H15BrN4O3. The Hall–Kier alpha value is -3.91. The first-order valence-corrected chi connectivity index (χ1v) is 10.1. The van der Waals surface area contributed by atoms with Gasteiger partial charge >= 0.3 is 0 Å². The molecule has 0 bridgehead atoms. The second-order valence-electron chi connectivity index (χ2n) is 6.56. The lowest BCUT2D eigenvalue weighted by atomic mass is 10.2. The van der Waals surface area contributed by atoms with Gasteiger partial charge in [0.15, 0.2) is 5.84 Å². The quantitative estimate of drug-likeness (QED) is 0.225. The van der Waals surface area contributed by atoms with E-state index in [-0.39, 0.29) is 16.9 Å². The monoisotopic (exact) mass is 474 g/mol. The van der Waals surface area contributed by atoms with Crippen molar-refractivity contribution in [3.8, 4) is 0 Å². The third-order valence-electron chi connectivity index (χ3n) is 4.49. The molecule has 0 radical (unpaired) electrons. The number of hydrogen-bond donors (Lipinski definition) is 0. The third-order valence-corrected chi connectivity index (χ3v) is 5.02. The zero-order chi connectivity index (χ0) is 21.8. The fourth-order valence-electron chi connectivity index (χ4n) is 2.99. The summed E-state index contributed by atoms with van der Waals surface area (Å²) in [4.78, 5) is 28.4. The molecule has 3 aromatic rings. The van der Waals surface area contributed by atoms with Crippen molar-refractivity contribution in [2.75, 3.05) is 0 Å². The van der Waals surface area contributed by atoms with Crippen LogP contribution >= 0.6 is 15.9 Å². The molecule has 0 N–H and O–H groups in total. The molecule has 0 unspecified atom stereocenters. The first-order chi connectivity index (χ1) is 15.0. The Morgan fingerprint density at radius 1 is 0.968 bits per heavy atom. The summed E-state index contributed by atoms with van der Waals surface area (Å²) in [6.07, 6.45) is 2.98. The van der Waals surface area contributed by atoms with Crippen molar-refractivity contribution in [2.45, 2.75) is 0 Å². The molecule has 0 spiro atoms. The van der Waals surface area contributed by atoms with Gasteiger partial charge in [0, 0.05) is 16.1 Å². The number of aliphatic imine (C=N–C) groups is 1. The van der Waals surface area contributed by atoms with E-state index in [1.165, 1.54) is 12.3 Å². The van der Waals surface area contributed by atoms with Crippen molar-refractivity contribution in [3.63, 3.8) is 0 Å². The number of benzene rings is 3. The molecule has 3 aromatic carbocycles. The summed E-state index contributed by atoms with van der Waals surface area (Å²) in [6, 6.07) is 22.9. The Morgan fingerprint density at radius 3 is 2.35 bits per heavy atom. The normalized spacial score (nSPS) is 15.0. The Labute approximate surface area is 186 Å². The minimum absolute atomic E-state index is 0.0956. The Morgan fingerprint density at radius 2 is 1.65 bits per heavy atom. The Balaban J connectivity index is 1.74. The van der Waals surface area contributed by atoms with Crippen LogP contribution in [0.4, 0.5) is 5.69 Å². The molecule has 1 aliphatic rings. The highest BCUT2D eigenvalue weighted by Gasteiger charge is 2.31. The number of nitro benzene ring substituents is 1. The molecule has 0 saturated heterocycles. The van der Waals surface area contributed by atoms with E-state index in [4.69, 9.17) is 0 Å². The fraction of sp³-hybridized carbons (Fsp3) is 0. The van der Waals surface area contributed by atoms with Crippen molar-refractivity contribution in [1.29, 1.82) is 0 Å². The molecule has 0 atom stereocenters. The number of carbonyl (C=O) groups excluding carboxylic acids is 1. The van der Waals surface area contributed by atoms with Crippen LogP contribution in [0.25, 0.3) is 6.08 Å². The summed E-state index contributed by atoms with van der Waals surface area (Å²) in [7, 11) is 0. The van der Waals surface area contributed by atoms with Crippen molar-refractivity contribution in [1.82, 2.24) is 5.01 Å². The van der Waals surface area contributed by atoms with Gasteiger partial charge in [-0.2, -0.15) is 10.1 Å². The molecule has 0 saturated carbocycles. The molecule has 1 amide bonds. The standard InChI is InChI=1S/C23H15BrN4O3/c24-19-12-10-16(11-13-19)14-20-23(29)27(22(26-20)17-6-2-1-3-7-17)25-15-18-8-4-5-9-21(18)28(30)31/h1-15H/b20-14-,25-15+. The van der Waals surface area contributed by atoms with E-state index in [0.717, 1.165) is 15.0 Å². The summed E-state index contributed by atoms with van der Waals surface area (Å²) in [5.41, 5.74) is 1.93. The van der Waals surface area contributed by atoms with Crippen LogP contribution in [0.2, 0.25) is 0 Å². The second kappa shape index (κ2) is 8.85. The topological polar surface area (TPSA) is 88.2 Å². The lowest BCUT2D eigenvalue weighted by Gasteiger charge is -2.11. The largest absolute Gasteiger partial charge is 0.298 e. The fourth-order valence-corrected chi connectivity index (χ4v) is 3.25. The molecule has 7 nitrogen and oxygen atoms in total. The number of nitrogens with zero attached hydrogens (tertiary/aromatic N) is 4. The summed E-state index contributed by atoms with van der Waals surface area (Å²) < 4.78 is 0.927. The van der Waals surface area contributed by atoms with E-state index in [9.17, 15) is 14.9 Å². The van der Waals surface area contributed by atoms with Gasteiger partial charge in [0.1, 0.15) is 5.70 Å². The van der Waals surface area contributed by atoms with E-state index >= 15 is 0 Å². The number of halogens is 1. The highest BCUT2D eigenvalue weighted by atomic mass is 79.9. The van der Waals surface area contributed by atoms with Crippen LogP contribution in [-0.2, 0) is 4.79 Å². The van der Waals surface area contributed by atoms with Crippen LogP contribution in [-0.4, -0.2) is 27.9 Å². The van der Waals surface area contributed by atoms with Gasteiger partial charge in [0.05, 0.1) is 16.7 Å². The summed E-state index contributed by atoms with van der Waals surface area (Å²) in [6.45, 7) is 0. The minimum Gasteiger partial charge on any atom is -0.265 e. The second-order valence-corrected chi connectivity index (χ2v) is 7.48. The van der Waals surface area contributed by atoms with E-state index < -0.39 is 10.8 Å². The number of amides is 1. The molecule has 31 heavy (non-hydrogen) atoms. The van der Waals surface area contributed by atoms with E-state index in [0.29, 0.717) is 11.4 Å².